The van der Waals surface area contributed by atoms with E-state index in [-0.39, 0.29) is 5.75 Å². The maximum atomic E-state index is 12.6. The Labute approximate surface area is 209 Å². The zero-order valence-electron chi connectivity index (χ0n) is 19.0. The van der Waals surface area contributed by atoms with Crippen molar-refractivity contribution in [3.63, 3.8) is 0 Å². The van der Waals surface area contributed by atoms with Gasteiger partial charge >= 0.3 is 6.36 Å². The molecule has 0 amide bonds. The number of furan rings is 1. The first-order valence-corrected chi connectivity index (χ1v) is 11.5. The highest BCUT2D eigenvalue weighted by Gasteiger charge is 2.31. The summed E-state index contributed by atoms with van der Waals surface area (Å²) in [5.74, 6) is 0.390. The first-order chi connectivity index (χ1) is 17.3. The summed E-state index contributed by atoms with van der Waals surface area (Å²) in [5, 5.41) is 0. The standard InChI is InChI=1S/C27H19ClF3N3O2/c1-17-7-8-18(16-28)15-23(17)34(20-5-3-2-4-6-20)26-32-22-13-14-35-25(22)24(33-26)19-9-11-21(12-10-19)36-27(29,30)31/h2-15H,16H2,1H3. The number of fused-ring (bicyclic) bond motifs is 1. The lowest BCUT2D eigenvalue weighted by Crippen LogP contribution is -2.17. The van der Waals surface area contributed by atoms with Gasteiger partial charge in [-0.2, -0.15) is 0 Å². The van der Waals surface area contributed by atoms with E-state index < -0.39 is 6.36 Å². The fourth-order valence-corrected chi connectivity index (χ4v) is 4.05. The minimum Gasteiger partial charge on any atom is -0.460 e. The van der Waals surface area contributed by atoms with Crippen molar-refractivity contribution in [2.45, 2.75) is 19.2 Å². The van der Waals surface area contributed by atoms with Crippen LogP contribution < -0.4 is 9.64 Å². The Hall–Kier alpha value is -4.04. The topological polar surface area (TPSA) is 51.4 Å². The van der Waals surface area contributed by atoms with E-state index in [1.165, 1.54) is 30.5 Å². The molecule has 0 unspecified atom stereocenters. The van der Waals surface area contributed by atoms with Crippen LogP contribution in [0.2, 0.25) is 0 Å². The molecule has 36 heavy (non-hydrogen) atoms. The molecule has 0 aliphatic rings. The number of aryl methyl sites for hydroxylation is 1. The van der Waals surface area contributed by atoms with Gasteiger partial charge in [-0.1, -0.05) is 30.3 Å². The van der Waals surface area contributed by atoms with Crippen molar-refractivity contribution >= 4 is 40.0 Å². The third-order valence-corrected chi connectivity index (χ3v) is 5.84. The number of alkyl halides is 4. The fraction of sp³-hybridized carbons (Fsp3) is 0.111. The second kappa shape index (κ2) is 9.54. The summed E-state index contributed by atoms with van der Waals surface area (Å²) in [5.41, 5.74) is 5.55. The van der Waals surface area contributed by atoms with Crippen molar-refractivity contribution < 1.29 is 22.3 Å². The molecule has 3 aromatic carbocycles. The van der Waals surface area contributed by atoms with Crippen molar-refractivity contribution in [3.05, 3.63) is 96.3 Å². The van der Waals surface area contributed by atoms with Crippen LogP contribution in [0.25, 0.3) is 22.4 Å². The number of halogens is 4. The average molecular weight is 510 g/mol. The van der Waals surface area contributed by atoms with Crippen LogP contribution in [-0.4, -0.2) is 16.3 Å². The number of para-hydroxylation sites is 1. The van der Waals surface area contributed by atoms with E-state index in [0.29, 0.717) is 34.2 Å². The van der Waals surface area contributed by atoms with Crippen molar-refractivity contribution in [1.29, 1.82) is 0 Å². The Morgan fingerprint density at radius 2 is 1.69 bits per heavy atom. The smallest absolute Gasteiger partial charge is 0.460 e. The van der Waals surface area contributed by atoms with Gasteiger partial charge in [0.2, 0.25) is 5.95 Å². The average Bonchev–Trinajstić information content (AvgIpc) is 3.34. The van der Waals surface area contributed by atoms with E-state index in [1.54, 1.807) is 6.07 Å². The lowest BCUT2D eigenvalue weighted by atomic mass is 10.1. The Kier molecular flexibility index (Phi) is 6.28. The molecule has 5 nitrogen and oxygen atoms in total. The van der Waals surface area contributed by atoms with E-state index in [1.807, 2.05) is 60.4 Å². The van der Waals surface area contributed by atoms with Crippen molar-refractivity contribution in [2.75, 3.05) is 4.90 Å². The number of anilines is 3. The summed E-state index contributed by atoms with van der Waals surface area (Å²) in [4.78, 5) is 11.5. The van der Waals surface area contributed by atoms with E-state index >= 15 is 0 Å². The Bertz CT molecular complexity index is 1500. The number of nitrogens with zero attached hydrogens (tertiary/aromatic N) is 3. The molecular formula is C27H19ClF3N3O2. The highest BCUT2D eigenvalue weighted by atomic mass is 35.5. The first kappa shape index (κ1) is 23.7. The molecular weight excluding hydrogens is 491 g/mol. The molecule has 0 fully saturated rings. The summed E-state index contributed by atoms with van der Waals surface area (Å²) < 4.78 is 47.5. The van der Waals surface area contributed by atoms with Crippen molar-refractivity contribution in [3.8, 4) is 17.0 Å². The lowest BCUT2D eigenvalue weighted by Gasteiger charge is -2.25. The van der Waals surface area contributed by atoms with Gasteiger partial charge in [-0.15, -0.1) is 24.8 Å². The van der Waals surface area contributed by atoms with Crippen LogP contribution >= 0.6 is 11.6 Å². The van der Waals surface area contributed by atoms with Crippen LogP contribution in [0.3, 0.4) is 0 Å². The highest BCUT2D eigenvalue weighted by molar-refractivity contribution is 6.17. The highest BCUT2D eigenvalue weighted by Crippen LogP contribution is 2.38. The largest absolute Gasteiger partial charge is 0.573 e. The molecule has 0 aliphatic carbocycles. The summed E-state index contributed by atoms with van der Waals surface area (Å²) in [6.45, 7) is 1.99. The molecule has 5 aromatic rings. The number of rotatable bonds is 6. The minimum absolute atomic E-state index is 0.323. The maximum Gasteiger partial charge on any atom is 0.573 e. The Morgan fingerprint density at radius 1 is 0.944 bits per heavy atom. The SMILES string of the molecule is Cc1ccc(CCl)cc1N(c1ccccc1)c1nc(-c2ccc(OC(F)(F)F)cc2)c2occc2n1. The van der Waals surface area contributed by atoms with Crippen LogP contribution in [0.15, 0.2) is 89.5 Å². The zero-order chi connectivity index (χ0) is 25.3. The van der Waals surface area contributed by atoms with Crippen LogP contribution in [0, 0.1) is 6.92 Å². The van der Waals surface area contributed by atoms with Crippen LogP contribution in [0.5, 0.6) is 5.75 Å². The molecule has 0 spiro atoms. The Morgan fingerprint density at radius 3 is 2.39 bits per heavy atom. The van der Waals surface area contributed by atoms with Gasteiger partial charge in [-0.3, -0.25) is 4.90 Å². The van der Waals surface area contributed by atoms with Crippen molar-refractivity contribution in [2.24, 2.45) is 0 Å². The monoisotopic (exact) mass is 509 g/mol. The van der Waals surface area contributed by atoms with Gasteiger partial charge in [-0.25, -0.2) is 9.97 Å². The van der Waals surface area contributed by atoms with Gasteiger partial charge in [0, 0.05) is 23.2 Å². The van der Waals surface area contributed by atoms with Gasteiger partial charge in [0.05, 0.1) is 12.0 Å². The maximum absolute atomic E-state index is 12.6. The molecule has 2 heterocycles. The van der Waals surface area contributed by atoms with Crippen LogP contribution in [0.4, 0.5) is 30.5 Å². The second-order valence-electron chi connectivity index (χ2n) is 8.00. The van der Waals surface area contributed by atoms with Crippen LogP contribution in [-0.2, 0) is 5.88 Å². The first-order valence-electron chi connectivity index (χ1n) is 10.9. The van der Waals surface area contributed by atoms with E-state index in [9.17, 15) is 13.2 Å². The summed E-state index contributed by atoms with van der Waals surface area (Å²) in [6.07, 6.45) is -3.27. The predicted molar refractivity (Wildman–Crippen MR) is 133 cm³/mol. The molecule has 0 atom stereocenters. The molecule has 0 bridgehead atoms. The molecule has 182 valence electrons. The number of hydrogen-bond donors (Lipinski definition) is 0. The number of aromatic nitrogens is 2. The molecule has 0 N–H and O–H groups in total. The normalized spacial score (nSPS) is 11.6. The van der Waals surface area contributed by atoms with E-state index in [0.717, 1.165) is 22.5 Å². The predicted octanol–water partition coefficient (Wildman–Crippen LogP) is 8.31. The molecule has 0 saturated heterocycles. The van der Waals surface area contributed by atoms with E-state index in [2.05, 4.69) is 4.74 Å². The second-order valence-corrected chi connectivity index (χ2v) is 8.27. The fourth-order valence-electron chi connectivity index (χ4n) is 3.88. The lowest BCUT2D eigenvalue weighted by molar-refractivity contribution is -0.274. The van der Waals surface area contributed by atoms with E-state index in [4.69, 9.17) is 26.0 Å². The third kappa shape index (κ3) is 4.85. The number of ether oxygens (including phenoxy) is 1. The number of hydrogen-bond acceptors (Lipinski definition) is 5. The van der Waals surface area contributed by atoms with Gasteiger partial charge in [-0.05, 0) is 60.5 Å². The number of benzene rings is 3. The molecule has 5 rings (SSSR count). The molecule has 0 radical (unpaired) electrons. The Balaban J connectivity index is 1.68. The summed E-state index contributed by atoms with van der Waals surface area (Å²) in [6, 6.07) is 22.8. The van der Waals surface area contributed by atoms with Crippen LogP contribution in [0.1, 0.15) is 11.1 Å². The molecule has 2 aromatic heterocycles. The van der Waals surface area contributed by atoms with Gasteiger partial charge in [0.25, 0.3) is 0 Å². The molecule has 0 saturated carbocycles. The minimum atomic E-state index is -4.77. The quantitative estimate of drug-likeness (QED) is 0.215. The molecule has 9 heteroatoms. The van der Waals surface area contributed by atoms with Gasteiger partial charge < -0.3 is 9.15 Å². The molecule has 0 aliphatic heterocycles. The van der Waals surface area contributed by atoms with Gasteiger partial charge in [0.15, 0.2) is 5.58 Å². The van der Waals surface area contributed by atoms with Gasteiger partial charge in [0.1, 0.15) is 17.0 Å². The summed E-state index contributed by atoms with van der Waals surface area (Å²) >= 11 is 6.13. The third-order valence-electron chi connectivity index (χ3n) is 5.54. The zero-order valence-corrected chi connectivity index (χ0v) is 19.7. The summed E-state index contributed by atoms with van der Waals surface area (Å²) in [7, 11) is 0. The van der Waals surface area contributed by atoms with Crippen molar-refractivity contribution in [1.82, 2.24) is 9.97 Å².